The van der Waals surface area contributed by atoms with Gasteiger partial charge in [-0.3, -0.25) is 0 Å². The molecule has 0 aromatic rings. The van der Waals surface area contributed by atoms with Gasteiger partial charge in [-0.1, -0.05) is 0 Å². The monoisotopic (exact) mass is 175 g/mol. The molecular formula is C6H15GeN. The van der Waals surface area contributed by atoms with Crippen LogP contribution < -0.4 is 0 Å². The van der Waals surface area contributed by atoms with E-state index < -0.39 is 0 Å². The van der Waals surface area contributed by atoms with Crippen molar-refractivity contribution in [2.45, 2.75) is 17.4 Å². The maximum atomic E-state index is 2.36. The number of nitrogens with zero attached hydrogens (tertiary/aromatic N) is 1. The van der Waals surface area contributed by atoms with Crippen molar-refractivity contribution in [3.05, 3.63) is 0 Å². The Labute approximate surface area is 58.9 Å². The van der Waals surface area contributed by atoms with Crippen molar-refractivity contribution in [3.8, 4) is 0 Å². The first-order valence-corrected chi connectivity index (χ1v) is 6.65. The van der Waals surface area contributed by atoms with Crippen molar-refractivity contribution >= 4 is 15.4 Å². The van der Waals surface area contributed by atoms with Gasteiger partial charge in [-0.2, -0.15) is 0 Å². The molecule has 0 atom stereocenters. The normalized spacial score (nSPS) is 10.5. The Balaban J connectivity index is 2.72. The topological polar surface area (TPSA) is 3.24 Å². The summed E-state index contributed by atoms with van der Waals surface area (Å²) in [6.45, 7) is 1.28. The van der Waals surface area contributed by atoms with Gasteiger partial charge in [-0.25, -0.2) is 0 Å². The Morgan fingerprint density at radius 3 is 2.38 bits per heavy atom. The third-order valence-corrected chi connectivity index (χ3v) is 2.82. The van der Waals surface area contributed by atoms with Crippen molar-refractivity contribution in [3.63, 3.8) is 0 Å². The van der Waals surface area contributed by atoms with Crippen LogP contribution in [0, 0.1) is 0 Å². The van der Waals surface area contributed by atoms with Gasteiger partial charge < -0.3 is 0 Å². The van der Waals surface area contributed by atoms with E-state index in [1.54, 1.807) is 0 Å². The zero-order chi connectivity index (χ0) is 6.41. The van der Waals surface area contributed by atoms with E-state index in [0.717, 1.165) is 0 Å². The van der Waals surface area contributed by atoms with Gasteiger partial charge in [0.15, 0.2) is 0 Å². The number of hydrogen-bond donors (Lipinski definition) is 0. The average Bonchev–Trinajstić information content (AvgIpc) is 1.66. The summed E-state index contributed by atoms with van der Waals surface area (Å²) in [6.07, 6.45) is 1.41. The zero-order valence-electron chi connectivity index (χ0n) is 6.07. The predicted octanol–water partition coefficient (Wildman–Crippen LogP) is 1.11. The van der Waals surface area contributed by atoms with Crippen LogP contribution in [0.1, 0.15) is 6.42 Å². The molecule has 0 unspecified atom stereocenters. The quantitative estimate of drug-likeness (QED) is 0.455. The molecule has 0 aliphatic heterocycles. The molecule has 1 nitrogen and oxygen atoms in total. The molecule has 0 aromatic carbocycles. The summed E-state index contributed by atoms with van der Waals surface area (Å²) in [7, 11) is 4.27. The van der Waals surface area contributed by atoms with E-state index in [0.29, 0.717) is 15.4 Å². The van der Waals surface area contributed by atoms with Crippen molar-refractivity contribution in [2.75, 3.05) is 20.6 Å². The second kappa shape index (κ2) is 5.64. The summed E-state index contributed by atoms with van der Waals surface area (Å²) >= 11 is 0.443. The fraction of sp³-hybridized carbons (Fsp3) is 1.00. The second-order valence-electron chi connectivity index (χ2n) is 2.26. The molecule has 2 heteroatoms. The molecule has 0 fully saturated rings. The summed E-state index contributed by atoms with van der Waals surface area (Å²) in [5, 5.41) is 1.50. The van der Waals surface area contributed by atoms with Gasteiger partial charge in [0.25, 0.3) is 0 Å². The summed E-state index contributed by atoms with van der Waals surface area (Å²) in [6, 6.07) is 0. The van der Waals surface area contributed by atoms with Crippen LogP contribution >= 0.6 is 0 Å². The van der Waals surface area contributed by atoms with Crippen LogP contribution in [0.2, 0.25) is 11.0 Å². The molecule has 0 aliphatic carbocycles. The van der Waals surface area contributed by atoms with Gasteiger partial charge in [-0.05, 0) is 0 Å². The van der Waals surface area contributed by atoms with Gasteiger partial charge in [-0.15, -0.1) is 0 Å². The van der Waals surface area contributed by atoms with Crippen LogP contribution in [-0.2, 0) is 0 Å². The van der Waals surface area contributed by atoms with Gasteiger partial charge in [0.05, 0.1) is 0 Å². The molecule has 0 rings (SSSR count). The minimum absolute atomic E-state index is 0.443. The standard InChI is InChI=1S/C6H15GeN/c1-7-5-4-6-8(2)3/h4-6H2,1-3H3. The van der Waals surface area contributed by atoms with E-state index in [-0.39, 0.29) is 0 Å². The minimum atomic E-state index is 0.443. The van der Waals surface area contributed by atoms with Crippen molar-refractivity contribution < 1.29 is 0 Å². The van der Waals surface area contributed by atoms with Crippen LogP contribution in [0.25, 0.3) is 0 Å². The van der Waals surface area contributed by atoms with Crippen LogP contribution in [-0.4, -0.2) is 41.0 Å². The van der Waals surface area contributed by atoms with Crippen LogP contribution in [0.4, 0.5) is 0 Å². The van der Waals surface area contributed by atoms with Crippen molar-refractivity contribution in [2.24, 2.45) is 0 Å². The summed E-state index contributed by atoms with van der Waals surface area (Å²) in [5.41, 5.74) is 0. The summed E-state index contributed by atoms with van der Waals surface area (Å²) < 4.78 is 0. The maximum absolute atomic E-state index is 2.36. The zero-order valence-corrected chi connectivity index (χ0v) is 8.17. The fourth-order valence-electron chi connectivity index (χ4n) is 0.572. The van der Waals surface area contributed by atoms with Crippen LogP contribution in [0.5, 0.6) is 0 Å². The third kappa shape index (κ3) is 6.50. The van der Waals surface area contributed by atoms with E-state index in [4.69, 9.17) is 0 Å². The molecule has 48 valence electrons. The molecule has 0 saturated heterocycles. The first-order valence-electron chi connectivity index (χ1n) is 3.06. The summed E-state index contributed by atoms with van der Waals surface area (Å²) in [5.74, 6) is 2.36. The molecule has 0 heterocycles. The van der Waals surface area contributed by atoms with Gasteiger partial charge in [0.2, 0.25) is 0 Å². The molecule has 0 amide bonds. The molecule has 0 spiro atoms. The third-order valence-electron chi connectivity index (χ3n) is 1.03. The van der Waals surface area contributed by atoms with E-state index in [1.165, 1.54) is 18.2 Å². The Hall–Kier alpha value is 0.503. The van der Waals surface area contributed by atoms with Crippen LogP contribution in [0.15, 0.2) is 0 Å². The number of hydrogen-bond acceptors (Lipinski definition) is 1. The van der Waals surface area contributed by atoms with Gasteiger partial charge in [0, 0.05) is 0 Å². The van der Waals surface area contributed by atoms with E-state index in [1.807, 2.05) is 0 Å². The Kier molecular flexibility index (Phi) is 5.99. The fourth-order valence-corrected chi connectivity index (χ4v) is 1.65. The first-order chi connectivity index (χ1) is 3.77. The molecule has 0 aliphatic rings. The number of rotatable bonds is 4. The predicted molar refractivity (Wildman–Crippen MR) is 39.6 cm³/mol. The van der Waals surface area contributed by atoms with Crippen molar-refractivity contribution in [1.82, 2.24) is 4.90 Å². The summed E-state index contributed by atoms with van der Waals surface area (Å²) in [4.78, 5) is 2.25. The Bertz CT molecular complexity index is 45.8. The average molecular weight is 174 g/mol. The van der Waals surface area contributed by atoms with Gasteiger partial charge >= 0.3 is 58.4 Å². The molecule has 8 heavy (non-hydrogen) atoms. The van der Waals surface area contributed by atoms with E-state index >= 15 is 0 Å². The molecule has 0 aromatic heterocycles. The second-order valence-corrected chi connectivity index (χ2v) is 4.79. The molecule has 0 saturated carbocycles. The first kappa shape index (κ1) is 8.50. The van der Waals surface area contributed by atoms with Crippen LogP contribution in [0.3, 0.4) is 0 Å². The van der Waals surface area contributed by atoms with E-state index in [9.17, 15) is 0 Å². The molecule has 2 radical (unpaired) electrons. The Morgan fingerprint density at radius 1 is 1.38 bits per heavy atom. The molecular weight excluding hydrogens is 159 g/mol. The van der Waals surface area contributed by atoms with Crippen molar-refractivity contribution in [1.29, 1.82) is 0 Å². The Morgan fingerprint density at radius 2 is 2.00 bits per heavy atom. The molecule has 0 N–H and O–H groups in total. The van der Waals surface area contributed by atoms with Gasteiger partial charge in [0.1, 0.15) is 0 Å². The van der Waals surface area contributed by atoms with E-state index in [2.05, 4.69) is 24.8 Å². The SMILES string of the molecule is [CH3][Ge][CH2]CCN(C)C. The molecule has 0 bridgehead atoms.